The van der Waals surface area contributed by atoms with Crippen molar-refractivity contribution in [2.45, 2.75) is 44.2 Å². The molecule has 2 rings (SSSR count). The fourth-order valence-electron chi connectivity index (χ4n) is 2.74. The Hall–Kier alpha value is -1.77. The van der Waals surface area contributed by atoms with Gasteiger partial charge >= 0.3 is 5.97 Å². The minimum absolute atomic E-state index is 0.122. The van der Waals surface area contributed by atoms with Crippen molar-refractivity contribution in [2.75, 3.05) is 13.2 Å². The fourth-order valence-corrected chi connectivity index (χ4v) is 2.74. The van der Waals surface area contributed by atoms with Crippen molar-refractivity contribution in [1.82, 2.24) is 0 Å². The molecular formula is C18H25NO6. The maximum atomic E-state index is 11.4. The van der Waals surface area contributed by atoms with E-state index in [1.54, 1.807) is 6.08 Å². The molecule has 1 aliphatic rings. The van der Waals surface area contributed by atoms with Crippen molar-refractivity contribution in [3.05, 3.63) is 48.6 Å². The first-order valence-electron chi connectivity index (χ1n) is 8.15. The molecule has 25 heavy (non-hydrogen) atoms. The third-order valence-corrected chi connectivity index (χ3v) is 3.84. The fraction of sp³-hybridized carbons (Fsp3) is 0.500. The predicted octanol–water partition coefficient (Wildman–Crippen LogP) is 0.751. The molecule has 5 atom stereocenters. The van der Waals surface area contributed by atoms with Crippen LogP contribution in [0.2, 0.25) is 0 Å². The maximum Gasteiger partial charge on any atom is 0.303 e. The van der Waals surface area contributed by atoms with Crippen LogP contribution in [0.1, 0.15) is 12.5 Å². The molecule has 0 saturated carbocycles. The molecule has 1 heterocycles. The number of aliphatic hydroxyl groups excluding tert-OH is 1. The zero-order valence-corrected chi connectivity index (χ0v) is 14.2. The van der Waals surface area contributed by atoms with Crippen LogP contribution in [0.25, 0.3) is 0 Å². The van der Waals surface area contributed by atoms with Gasteiger partial charge in [-0.1, -0.05) is 36.4 Å². The summed E-state index contributed by atoms with van der Waals surface area (Å²) in [4.78, 5) is 11.4. The van der Waals surface area contributed by atoms with Gasteiger partial charge in [-0.05, 0) is 5.56 Å². The Morgan fingerprint density at radius 1 is 1.28 bits per heavy atom. The lowest BCUT2D eigenvalue weighted by Gasteiger charge is -2.43. The van der Waals surface area contributed by atoms with Gasteiger partial charge in [-0.15, -0.1) is 6.58 Å². The van der Waals surface area contributed by atoms with Crippen LogP contribution in [-0.4, -0.2) is 54.9 Å². The van der Waals surface area contributed by atoms with Gasteiger partial charge in [-0.2, -0.15) is 0 Å². The van der Waals surface area contributed by atoms with E-state index >= 15 is 0 Å². The van der Waals surface area contributed by atoms with Crippen molar-refractivity contribution in [2.24, 2.45) is 5.73 Å². The van der Waals surface area contributed by atoms with E-state index in [1.807, 2.05) is 30.3 Å². The highest BCUT2D eigenvalue weighted by molar-refractivity contribution is 5.66. The highest BCUT2D eigenvalue weighted by Crippen LogP contribution is 2.27. The monoisotopic (exact) mass is 351 g/mol. The number of hydrogen-bond donors (Lipinski definition) is 2. The second kappa shape index (κ2) is 9.65. The number of carbonyl (C=O) groups is 1. The van der Waals surface area contributed by atoms with E-state index in [-0.39, 0.29) is 19.8 Å². The van der Waals surface area contributed by atoms with Gasteiger partial charge in [0.1, 0.15) is 18.3 Å². The number of nitrogens with two attached hydrogens (primary N) is 1. The number of hydrogen-bond acceptors (Lipinski definition) is 7. The van der Waals surface area contributed by atoms with Crippen LogP contribution < -0.4 is 5.73 Å². The quantitative estimate of drug-likeness (QED) is 0.526. The van der Waals surface area contributed by atoms with Crippen LogP contribution >= 0.6 is 0 Å². The highest BCUT2D eigenvalue weighted by Gasteiger charge is 2.48. The van der Waals surface area contributed by atoms with E-state index in [0.29, 0.717) is 0 Å². The Morgan fingerprint density at radius 2 is 2.00 bits per heavy atom. The molecule has 1 aliphatic heterocycles. The van der Waals surface area contributed by atoms with E-state index < -0.39 is 36.7 Å². The van der Waals surface area contributed by atoms with Crippen LogP contribution in [0.5, 0.6) is 0 Å². The molecule has 1 aromatic carbocycles. The van der Waals surface area contributed by atoms with Gasteiger partial charge in [0.2, 0.25) is 0 Å². The standard InChI is InChI=1S/C18H25NO6/c1-3-9-22-15-14(10-19)25-18(21)17(24-12(2)20)16(15)23-11-13-7-5-4-6-8-13/h3-8,14-18,21H,1,9-11,19H2,2H3/t14-,15-,16+,17+,18+/m1/s1. The first-order valence-corrected chi connectivity index (χ1v) is 8.15. The summed E-state index contributed by atoms with van der Waals surface area (Å²) in [6, 6.07) is 9.53. The third kappa shape index (κ3) is 5.35. The molecule has 0 radical (unpaired) electrons. The van der Waals surface area contributed by atoms with Crippen LogP contribution in [0.4, 0.5) is 0 Å². The van der Waals surface area contributed by atoms with Gasteiger partial charge in [0.25, 0.3) is 0 Å². The van der Waals surface area contributed by atoms with Gasteiger partial charge in [-0.25, -0.2) is 0 Å². The molecular weight excluding hydrogens is 326 g/mol. The van der Waals surface area contributed by atoms with Crippen molar-refractivity contribution in [3.63, 3.8) is 0 Å². The normalized spacial score (nSPS) is 29.2. The third-order valence-electron chi connectivity index (χ3n) is 3.84. The van der Waals surface area contributed by atoms with Crippen LogP contribution in [0, 0.1) is 0 Å². The Kier molecular flexibility index (Phi) is 7.54. The number of benzene rings is 1. The molecule has 138 valence electrons. The molecule has 0 unspecified atom stereocenters. The first-order chi connectivity index (χ1) is 12.1. The summed E-state index contributed by atoms with van der Waals surface area (Å²) in [5.41, 5.74) is 6.68. The lowest BCUT2D eigenvalue weighted by molar-refractivity contribution is -0.298. The summed E-state index contributed by atoms with van der Waals surface area (Å²) in [5, 5.41) is 10.2. The van der Waals surface area contributed by atoms with Gasteiger partial charge in [0, 0.05) is 13.5 Å². The summed E-state index contributed by atoms with van der Waals surface area (Å²) in [5.74, 6) is -0.547. The molecule has 7 nitrogen and oxygen atoms in total. The van der Waals surface area contributed by atoms with E-state index in [4.69, 9.17) is 24.7 Å². The SMILES string of the molecule is C=CCO[C@H]1[C@H](OCc2ccccc2)[C@H](OC(C)=O)[C@@H](O)O[C@@H]1CN. The van der Waals surface area contributed by atoms with Crippen molar-refractivity contribution >= 4 is 5.97 Å². The molecule has 0 amide bonds. The summed E-state index contributed by atoms with van der Waals surface area (Å²) in [6.07, 6.45) is -2.71. The number of aliphatic hydroxyl groups is 1. The minimum atomic E-state index is -1.35. The highest BCUT2D eigenvalue weighted by atomic mass is 16.7. The molecule has 3 N–H and O–H groups in total. The van der Waals surface area contributed by atoms with Crippen LogP contribution in [-0.2, 0) is 30.3 Å². The number of ether oxygens (including phenoxy) is 4. The molecule has 1 saturated heterocycles. The van der Waals surface area contributed by atoms with Gasteiger partial charge in [0.15, 0.2) is 12.4 Å². The van der Waals surface area contributed by atoms with Gasteiger partial charge in [-0.3, -0.25) is 4.79 Å². The van der Waals surface area contributed by atoms with Crippen LogP contribution in [0.3, 0.4) is 0 Å². The summed E-state index contributed by atoms with van der Waals surface area (Å²) >= 11 is 0. The van der Waals surface area contributed by atoms with E-state index in [9.17, 15) is 9.90 Å². The van der Waals surface area contributed by atoms with Gasteiger partial charge < -0.3 is 29.8 Å². The molecule has 0 aromatic heterocycles. The largest absolute Gasteiger partial charge is 0.454 e. The minimum Gasteiger partial charge on any atom is -0.454 e. The van der Waals surface area contributed by atoms with E-state index in [2.05, 4.69) is 6.58 Å². The lowest BCUT2D eigenvalue weighted by atomic mass is 9.98. The summed E-state index contributed by atoms with van der Waals surface area (Å²) in [6.45, 7) is 5.52. The number of carbonyl (C=O) groups excluding carboxylic acids is 1. The molecule has 7 heteroatoms. The molecule has 0 spiro atoms. The number of esters is 1. The zero-order valence-electron chi connectivity index (χ0n) is 14.2. The summed E-state index contributed by atoms with van der Waals surface area (Å²) in [7, 11) is 0. The maximum absolute atomic E-state index is 11.4. The molecule has 1 aromatic rings. The Labute approximate surface area is 147 Å². The number of rotatable bonds is 8. The van der Waals surface area contributed by atoms with Crippen LogP contribution in [0.15, 0.2) is 43.0 Å². The van der Waals surface area contributed by atoms with Crippen molar-refractivity contribution in [1.29, 1.82) is 0 Å². The Bertz CT molecular complexity index is 552. The van der Waals surface area contributed by atoms with Crippen molar-refractivity contribution in [3.8, 4) is 0 Å². The topological polar surface area (TPSA) is 100 Å². The molecule has 0 bridgehead atoms. The molecule has 1 fully saturated rings. The van der Waals surface area contributed by atoms with Gasteiger partial charge in [0.05, 0.1) is 13.2 Å². The van der Waals surface area contributed by atoms with E-state index in [0.717, 1.165) is 5.56 Å². The van der Waals surface area contributed by atoms with Crippen molar-refractivity contribution < 1.29 is 28.8 Å². The first kappa shape index (κ1) is 19.6. The Morgan fingerprint density at radius 3 is 2.60 bits per heavy atom. The average Bonchev–Trinajstić information content (AvgIpc) is 2.61. The lowest BCUT2D eigenvalue weighted by Crippen LogP contribution is -2.62. The van der Waals surface area contributed by atoms with E-state index in [1.165, 1.54) is 6.92 Å². The second-order valence-corrected chi connectivity index (χ2v) is 5.72. The molecule has 0 aliphatic carbocycles. The predicted molar refractivity (Wildman–Crippen MR) is 90.4 cm³/mol. The average molecular weight is 351 g/mol. The zero-order chi connectivity index (χ0) is 18.2. The Balaban J connectivity index is 2.20. The second-order valence-electron chi connectivity index (χ2n) is 5.72. The smallest absolute Gasteiger partial charge is 0.303 e. The summed E-state index contributed by atoms with van der Waals surface area (Å²) < 4.78 is 22.4.